The molecule has 0 aliphatic rings. The summed E-state index contributed by atoms with van der Waals surface area (Å²) in [6, 6.07) is 2.02. The predicted octanol–water partition coefficient (Wildman–Crippen LogP) is -0.0994. The molecule has 0 saturated heterocycles. The summed E-state index contributed by atoms with van der Waals surface area (Å²) in [5.41, 5.74) is 5.38. The van der Waals surface area contributed by atoms with Crippen LogP contribution in [-0.4, -0.2) is 23.7 Å². The normalized spacial score (nSPS) is 12.2. The van der Waals surface area contributed by atoms with E-state index in [1.54, 1.807) is 0 Å². The number of rotatable bonds is 4. The van der Waals surface area contributed by atoms with Crippen molar-refractivity contribution >= 4 is 5.91 Å². The van der Waals surface area contributed by atoms with Crippen LogP contribution in [0, 0.1) is 11.6 Å². The second-order valence-electron chi connectivity index (χ2n) is 3.24. The molecule has 1 atom stereocenters. The number of nitrogens with one attached hydrogen (secondary N) is 1. The van der Waals surface area contributed by atoms with Gasteiger partial charge in [-0.2, -0.15) is 0 Å². The number of benzene rings is 1. The minimum Gasteiger partial charge on any atom is -0.394 e. The third kappa shape index (κ3) is 3.25. The van der Waals surface area contributed by atoms with Crippen molar-refractivity contribution in [1.29, 1.82) is 0 Å². The molecule has 4 nitrogen and oxygen atoms in total. The summed E-state index contributed by atoms with van der Waals surface area (Å²) in [5, 5.41) is 10.9. The van der Waals surface area contributed by atoms with Gasteiger partial charge in [-0.05, 0) is 6.07 Å². The lowest BCUT2D eigenvalue weighted by molar-refractivity contribution is -0.123. The molecule has 0 aromatic heterocycles. The molecule has 0 saturated carbocycles. The number of amides is 1. The molecule has 0 aliphatic heterocycles. The Hall–Kier alpha value is -1.53. The summed E-state index contributed by atoms with van der Waals surface area (Å²) < 4.78 is 25.7. The molecule has 0 bridgehead atoms. The Kier molecular flexibility index (Phi) is 4.33. The highest BCUT2D eigenvalue weighted by atomic mass is 19.1. The molecule has 1 rings (SSSR count). The van der Waals surface area contributed by atoms with E-state index in [4.69, 9.17) is 10.8 Å². The molecule has 0 heterocycles. The van der Waals surface area contributed by atoms with Gasteiger partial charge in [0.2, 0.25) is 5.91 Å². The topological polar surface area (TPSA) is 75.3 Å². The van der Waals surface area contributed by atoms with Gasteiger partial charge in [0.25, 0.3) is 0 Å². The van der Waals surface area contributed by atoms with Crippen LogP contribution in [0.5, 0.6) is 0 Å². The Morgan fingerprint density at radius 3 is 2.75 bits per heavy atom. The second kappa shape index (κ2) is 5.53. The molecule has 1 aromatic rings. The van der Waals surface area contributed by atoms with E-state index in [2.05, 4.69) is 5.32 Å². The van der Waals surface area contributed by atoms with Crippen LogP contribution < -0.4 is 11.1 Å². The van der Waals surface area contributed by atoms with Gasteiger partial charge in [0, 0.05) is 18.2 Å². The van der Waals surface area contributed by atoms with E-state index in [0.717, 1.165) is 12.1 Å². The maximum atomic E-state index is 13.1. The lowest BCUT2D eigenvalue weighted by atomic mass is 10.2. The number of hydrogen-bond donors (Lipinski definition) is 3. The van der Waals surface area contributed by atoms with Crippen molar-refractivity contribution in [3.8, 4) is 0 Å². The Bertz CT molecular complexity index is 385. The van der Waals surface area contributed by atoms with Gasteiger partial charge < -0.3 is 16.2 Å². The minimum atomic E-state index is -1.04. The van der Waals surface area contributed by atoms with Crippen molar-refractivity contribution < 1.29 is 18.7 Å². The molecule has 0 aliphatic carbocycles. The summed E-state index contributed by atoms with van der Waals surface area (Å²) in [6.45, 7) is -0.587. The summed E-state index contributed by atoms with van der Waals surface area (Å²) in [5.74, 6) is -2.01. The zero-order valence-electron chi connectivity index (χ0n) is 8.41. The highest BCUT2D eigenvalue weighted by molar-refractivity contribution is 5.81. The van der Waals surface area contributed by atoms with Crippen molar-refractivity contribution in [2.45, 2.75) is 12.6 Å². The minimum absolute atomic E-state index is 0.0986. The second-order valence-corrected chi connectivity index (χ2v) is 3.24. The highest BCUT2D eigenvalue weighted by Gasteiger charge is 2.12. The number of halogens is 2. The van der Waals surface area contributed by atoms with Crippen LogP contribution in [0.2, 0.25) is 0 Å². The molecule has 4 N–H and O–H groups in total. The van der Waals surface area contributed by atoms with Crippen LogP contribution in [0.3, 0.4) is 0 Å². The van der Waals surface area contributed by atoms with E-state index >= 15 is 0 Å². The Balaban J connectivity index is 2.58. The van der Waals surface area contributed by atoms with Gasteiger partial charge in [-0.1, -0.05) is 6.07 Å². The van der Waals surface area contributed by atoms with Gasteiger partial charge >= 0.3 is 0 Å². The molecule has 1 aromatic carbocycles. The number of aliphatic hydroxyl groups is 1. The molecule has 16 heavy (non-hydrogen) atoms. The molecule has 1 amide bonds. The quantitative estimate of drug-likeness (QED) is 0.676. The first-order chi connectivity index (χ1) is 7.54. The van der Waals surface area contributed by atoms with Gasteiger partial charge in [0.1, 0.15) is 17.7 Å². The first-order valence-electron chi connectivity index (χ1n) is 4.62. The van der Waals surface area contributed by atoms with Crippen molar-refractivity contribution in [3.63, 3.8) is 0 Å². The van der Waals surface area contributed by atoms with Crippen LogP contribution in [0.1, 0.15) is 5.56 Å². The first kappa shape index (κ1) is 12.5. The largest absolute Gasteiger partial charge is 0.394 e. The monoisotopic (exact) mass is 230 g/mol. The number of carbonyl (C=O) groups is 1. The fraction of sp³-hybridized carbons (Fsp3) is 0.300. The summed E-state index contributed by atoms with van der Waals surface area (Å²) >= 11 is 0. The van der Waals surface area contributed by atoms with Gasteiger partial charge in [0.15, 0.2) is 0 Å². The Morgan fingerprint density at radius 2 is 2.19 bits per heavy atom. The van der Waals surface area contributed by atoms with E-state index in [1.165, 1.54) is 6.07 Å². The van der Waals surface area contributed by atoms with Crippen molar-refractivity contribution in [1.82, 2.24) is 5.32 Å². The zero-order valence-corrected chi connectivity index (χ0v) is 8.41. The van der Waals surface area contributed by atoms with Crippen LogP contribution >= 0.6 is 0 Å². The smallest absolute Gasteiger partial charge is 0.239 e. The third-order valence-electron chi connectivity index (χ3n) is 2.00. The molecule has 88 valence electrons. The van der Waals surface area contributed by atoms with Crippen LogP contribution in [-0.2, 0) is 11.3 Å². The van der Waals surface area contributed by atoms with Gasteiger partial charge in [-0.25, -0.2) is 8.78 Å². The average Bonchev–Trinajstić information content (AvgIpc) is 2.26. The van der Waals surface area contributed by atoms with Crippen LogP contribution in [0.4, 0.5) is 8.78 Å². The molecule has 0 radical (unpaired) electrons. The van der Waals surface area contributed by atoms with Gasteiger partial charge in [-0.3, -0.25) is 4.79 Å². The lowest BCUT2D eigenvalue weighted by Gasteiger charge is -2.09. The molecular formula is C10H12F2N2O2. The molecule has 1 unspecified atom stereocenters. The fourth-order valence-corrected chi connectivity index (χ4v) is 1.06. The highest BCUT2D eigenvalue weighted by Crippen LogP contribution is 2.08. The van der Waals surface area contributed by atoms with Crippen molar-refractivity contribution in [2.24, 2.45) is 5.73 Å². The maximum Gasteiger partial charge on any atom is 0.239 e. The number of nitrogens with two attached hydrogens (primary N) is 1. The van der Waals surface area contributed by atoms with E-state index < -0.39 is 30.2 Å². The van der Waals surface area contributed by atoms with Crippen molar-refractivity contribution in [2.75, 3.05) is 6.61 Å². The summed E-state index contributed by atoms with van der Waals surface area (Å²) in [4.78, 5) is 11.1. The van der Waals surface area contributed by atoms with Gasteiger partial charge in [-0.15, -0.1) is 0 Å². The standard InChI is InChI=1S/C10H12F2N2O2/c11-7-2-1-6(8(12)3-7)4-14-10(16)9(13)5-15/h1-3,9,15H,4-5,13H2,(H,14,16). The average molecular weight is 230 g/mol. The number of aliphatic hydroxyl groups excluding tert-OH is 1. The van der Waals surface area contributed by atoms with E-state index in [-0.39, 0.29) is 12.1 Å². The Morgan fingerprint density at radius 1 is 1.50 bits per heavy atom. The lowest BCUT2D eigenvalue weighted by Crippen LogP contribution is -2.42. The molecule has 0 fully saturated rings. The van der Waals surface area contributed by atoms with Crippen LogP contribution in [0.25, 0.3) is 0 Å². The van der Waals surface area contributed by atoms with Gasteiger partial charge in [0.05, 0.1) is 6.61 Å². The number of hydrogen-bond acceptors (Lipinski definition) is 3. The first-order valence-corrected chi connectivity index (χ1v) is 4.62. The van der Waals surface area contributed by atoms with E-state index in [9.17, 15) is 13.6 Å². The van der Waals surface area contributed by atoms with Crippen molar-refractivity contribution in [3.05, 3.63) is 35.4 Å². The number of carbonyl (C=O) groups excluding carboxylic acids is 1. The zero-order chi connectivity index (χ0) is 12.1. The molecule has 0 spiro atoms. The van der Waals surface area contributed by atoms with E-state index in [0.29, 0.717) is 0 Å². The fourth-order valence-electron chi connectivity index (χ4n) is 1.06. The Labute approximate surface area is 91.1 Å². The molecular weight excluding hydrogens is 218 g/mol. The SMILES string of the molecule is NC(CO)C(=O)NCc1ccc(F)cc1F. The van der Waals surface area contributed by atoms with Crippen LogP contribution in [0.15, 0.2) is 18.2 Å². The summed E-state index contributed by atoms with van der Waals surface area (Å²) in [7, 11) is 0. The maximum absolute atomic E-state index is 13.1. The predicted molar refractivity (Wildman–Crippen MR) is 53.3 cm³/mol. The van der Waals surface area contributed by atoms with E-state index in [1.807, 2.05) is 0 Å². The third-order valence-corrected chi connectivity index (χ3v) is 2.00. The molecule has 6 heteroatoms. The summed E-state index contributed by atoms with van der Waals surface area (Å²) in [6.07, 6.45) is 0.